The van der Waals surface area contributed by atoms with Crippen LogP contribution in [0.2, 0.25) is 0 Å². The molecule has 0 fully saturated rings. The first-order chi connectivity index (χ1) is 10.2. The maximum absolute atomic E-state index is 11.6. The molecule has 0 aromatic heterocycles. The topological polar surface area (TPSA) is 50.4 Å². The van der Waals surface area contributed by atoms with Crippen LogP contribution in [0.25, 0.3) is 0 Å². The van der Waals surface area contributed by atoms with E-state index in [0.29, 0.717) is 6.54 Å². The maximum atomic E-state index is 11.6. The Morgan fingerprint density at radius 3 is 2.62 bits per heavy atom. The normalized spacial score (nSPS) is 9.95. The summed E-state index contributed by atoms with van der Waals surface area (Å²) in [7, 11) is 0. The fourth-order valence-electron chi connectivity index (χ4n) is 1.95. The van der Waals surface area contributed by atoms with Gasteiger partial charge in [-0.05, 0) is 31.0 Å². The van der Waals surface area contributed by atoms with Crippen LogP contribution in [0.5, 0.6) is 5.75 Å². The third-order valence-corrected chi connectivity index (χ3v) is 3.00. The minimum absolute atomic E-state index is 0.153. The lowest BCUT2D eigenvalue weighted by molar-refractivity contribution is 0.224. The van der Waals surface area contributed by atoms with Crippen molar-refractivity contribution in [1.29, 1.82) is 0 Å². The van der Waals surface area contributed by atoms with Crippen LogP contribution in [0, 0.1) is 6.92 Å². The number of carbonyl (C=O) groups is 1. The Morgan fingerprint density at radius 1 is 1.05 bits per heavy atom. The monoisotopic (exact) mass is 284 g/mol. The van der Waals surface area contributed by atoms with Gasteiger partial charge in [-0.25, -0.2) is 4.79 Å². The highest BCUT2D eigenvalue weighted by molar-refractivity contribution is 5.73. The number of benzene rings is 2. The number of aryl methyl sites for hydroxylation is 1. The second-order valence-corrected chi connectivity index (χ2v) is 4.77. The second kappa shape index (κ2) is 7.94. The van der Waals surface area contributed by atoms with Gasteiger partial charge in [-0.15, -0.1) is 0 Å². The molecule has 0 aliphatic heterocycles. The number of hydrogen-bond acceptors (Lipinski definition) is 2. The van der Waals surface area contributed by atoms with E-state index in [2.05, 4.69) is 35.8 Å². The average molecular weight is 284 g/mol. The molecule has 0 saturated heterocycles. The number of nitrogens with one attached hydrogen (secondary N) is 2. The van der Waals surface area contributed by atoms with E-state index in [4.69, 9.17) is 4.74 Å². The fraction of sp³-hybridized carbons (Fsp3) is 0.235. The van der Waals surface area contributed by atoms with Crippen LogP contribution >= 0.6 is 0 Å². The zero-order chi connectivity index (χ0) is 14.9. The molecule has 2 amide bonds. The van der Waals surface area contributed by atoms with Crippen LogP contribution in [0.15, 0.2) is 54.6 Å². The lowest BCUT2D eigenvalue weighted by Crippen LogP contribution is -2.38. The van der Waals surface area contributed by atoms with E-state index in [9.17, 15) is 4.79 Å². The molecule has 21 heavy (non-hydrogen) atoms. The van der Waals surface area contributed by atoms with Crippen molar-refractivity contribution in [2.75, 3.05) is 13.3 Å². The lowest BCUT2D eigenvalue weighted by Gasteiger charge is -2.09. The Labute approximate surface area is 125 Å². The molecule has 0 aliphatic rings. The Morgan fingerprint density at radius 2 is 1.86 bits per heavy atom. The Balaban J connectivity index is 1.61. The molecule has 2 aromatic rings. The average Bonchev–Trinajstić information content (AvgIpc) is 2.48. The van der Waals surface area contributed by atoms with E-state index in [1.54, 1.807) is 0 Å². The molecule has 0 aliphatic carbocycles. The summed E-state index contributed by atoms with van der Waals surface area (Å²) in [5.74, 6) is 0.734. The van der Waals surface area contributed by atoms with Crippen LogP contribution in [0.4, 0.5) is 4.79 Å². The van der Waals surface area contributed by atoms with Gasteiger partial charge in [-0.1, -0.05) is 48.0 Å². The van der Waals surface area contributed by atoms with Crippen molar-refractivity contribution in [1.82, 2.24) is 10.6 Å². The molecule has 0 unspecified atom stereocenters. The molecule has 0 saturated carbocycles. The highest BCUT2D eigenvalue weighted by atomic mass is 16.5. The van der Waals surface area contributed by atoms with Gasteiger partial charge in [0.25, 0.3) is 0 Å². The van der Waals surface area contributed by atoms with Crippen molar-refractivity contribution in [3.05, 3.63) is 65.7 Å². The van der Waals surface area contributed by atoms with Crippen LogP contribution in [0.1, 0.15) is 11.1 Å². The van der Waals surface area contributed by atoms with Crippen LogP contribution in [-0.4, -0.2) is 19.3 Å². The van der Waals surface area contributed by atoms with Crippen molar-refractivity contribution in [2.45, 2.75) is 13.3 Å². The minimum atomic E-state index is -0.224. The summed E-state index contributed by atoms with van der Waals surface area (Å²) in [6, 6.07) is 17.4. The molecular weight excluding hydrogens is 264 g/mol. The predicted molar refractivity (Wildman–Crippen MR) is 83.4 cm³/mol. The first kappa shape index (κ1) is 14.9. The molecule has 0 bridgehead atoms. The summed E-state index contributed by atoms with van der Waals surface area (Å²) in [6.45, 7) is 2.81. The summed E-state index contributed by atoms with van der Waals surface area (Å²) < 4.78 is 5.39. The molecule has 2 N–H and O–H groups in total. The Hall–Kier alpha value is -2.49. The fourth-order valence-corrected chi connectivity index (χ4v) is 1.95. The molecular formula is C17H20N2O2. The molecule has 0 radical (unpaired) electrons. The van der Waals surface area contributed by atoms with Gasteiger partial charge < -0.3 is 15.4 Å². The van der Waals surface area contributed by atoms with Crippen molar-refractivity contribution in [2.24, 2.45) is 0 Å². The number of ether oxygens (including phenoxy) is 1. The van der Waals surface area contributed by atoms with Gasteiger partial charge in [0, 0.05) is 6.54 Å². The number of hydrogen-bond donors (Lipinski definition) is 2. The summed E-state index contributed by atoms with van der Waals surface area (Å²) in [5.41, 5.74) is 2.45. The molecule has 0 heterocycles. The van der Waals surface area contributed by atoms with Crippen molar-refractivity contribution in [3.8, 4) is 5.75 Å². The third-order valence-electron chi connectivity index (χ3n) is 3.00. The third kappa shape index (κ3) is 5.57. The number of para-hydroxylation sites is 1. The van der Waals surface area contributed by atoms with Crippen LogP contribution < -0.4 is 15.4 Å². The first-order valence-corrected chi connectivity index (χ1v) is 6.99. The highest BCUT2D eigenvalue weighted by Gasteiger charge is 2.00. The van der Waals surface area contributed by atoms with Gasteiger partial charge in [0.05, 0.1) is 0 Å². The largest absolute Gasteiger partial charge is 0.473 e. The quantitative estimate of drug-likeness (QED) is 0.801. The number of amides is 2. The molecule has 4 heteroatoms. The molecule has 0 spiro atoms. The number of rotatable bonds is 6. The zero-order valence-corrected chi connectivity index (χ0v) is 12.1. The van der Waals surface area contributed by atoms with Crippen molar-refractivity contribution in [3.63, 3.8) is 0 Å². The second-order valence-electron chi connectivity index (χ2n) is 4.77. The Bertz CT molecular complexity index is 570. The predicted octanol–water partition coefficient (Wildman–Crippen LogP) is 2.87. The van der Waals surface area contributed by atoms with E-state index in [0.717, 1.165) is 12.2 Å². The molecule has 2 rings (SSSR count). The standard InChI is InChI=1S/C17H20N2O2/c1-14-6-5-7-15(12-14)10-11-18-17(20)19-13-21-16-8-3-2-4-9-16/h2-9,12H,10-11,13H2,1H3,(H2,18,19,20). The lowest BCUT2D eigenvalue weighted by atomic mass is 10.1. The molecule has 4 nitrogen and oxygen atoms in total. The molecule has 2 aromatic carbocycles. The SMILES string of the molecule is Cc1cccc(CCNC(=O)NCOc2ccccc2)c1. The summed E-state index contributed by atoms with van der Waals surface area (Å²) in [4.78, 5) is 11.6. The smallest absolute Gasteiger partial charge is 0.317 e. The minimum Gasteiger partial charge on any atom is -0.473 e. The van der Waals surface area contributed by atoms with Gasteiger partial charge in [-0.2, -0.15) is 0 Å². The van der Waals surface area contributed by atoms with E-state index in [1.165, 1.54) is 11.1 Å². The van der Waals surface area contributed by atoms with Gasteiger partial charge >= 0.3 is 6.03 Å². The van der Waals surface area contributed by atoms with Gasteiger partial charge in [0.2, 0.25) is 0 Å². The van der Waals surface area contributed by atoms with Crippen LogP contribution in [-0.2, 0) is 6.42 Å². The molecule has 110 valence electrons. The van der Waals surface area contributed by atoms with Crippen molar-refractivity contribution >= 4 is 6.03 Å². The van der Waals surface area contributed by atoms with E-state index >= 15 is 0 Å². The summed E-state index contributed by atoms with van der Waals surface area (Å²) in [5, 5.41) is 5.46. The Kier molecular flexibility index (Phi) is 5.64. The first-order valence-electron chi connectivity index (χ1n) is 6.99. The number of carbonyl (C=O) groups excluding carboxylic acids is 1. The zero-order valence-electron chi connectivity index (χ0n) is 12.1. The van der Waals surface area contributed by atoms with Gasteiger partial charge in [0.15, 0.2) is 6.73 Å². The summed E-state index contributed by atoms with van der Waals surface area (Å²) >= 11 is 0. The number of urea groups is 1. The summed E-state index contributed by atoms with van der Waals surface area (Å²) in [6.07, 6.45) is 0.814. The highest BCUT2D eigenvalue weighted by Crippen LogP contribution is 2.07. The van der Waals surface area contributed by atoms with E-state index in [1.807, 2.05) is 36.4 Å². The van der Waals surface area contributed by atoms with E-state index < -0.39 is 0 Å². The van der Waals surface area contributed by atoms with E-state index in [-0.39, 0.29) is 12.8 Å². The van der Waals surface area contributed by atoms with Gasteiger partial charge in [-0.3, -0.25) is 0 Å². The van der Waals surface area contributed by atoms with Crippen molar-refractivity contribution < 1.29 is 9.53 Å². The molecule has 0 atom stereocenters. The van der Waals surface area contributed by atoms with Gasteiger partial charge in [0.1, 0.15) is 5.75 Å². The van der Waals surface area contributed by atoms with Crippen LogP contribution in [0.3, 0.4) is 0 Å². The maximum Gasteiger partial charge on any atom is 0.317 e.